The second kappa shape index (κ2) is 5.74. The molecule has 19 heavy (non-hydrogen) atoms. The SMILES string of the molecule is CCC[C@H](C(=O)O)c1ccc2cc(OC)ccc2c1. The van der Waals surface area contributed by atoms with Crippen LogP contribution in [0.4, 0.5) is 0 Å². The van der Waals surface area contributed by atoms with Crippen molar-refractivity contribution >= 4 is 16.7 Å². The van der Waals surface area contributed by atoms with Crippen LogP contribution >= 0.6 is 0 Å². The largest absolute Gasteiger partial charge is 0.497 e. The summed E-state index contributed by atoms with van der Waals surface area (Å²) in [5, 5.41) is 11.4. The van der Waals surface area contributed by atoms with Gasteiger partial charge in [0.1, 0.15) is 5.75 Å². The lowest BCUT2D eigenvalue weighted by molar-refractivity contribution is -0.139. The Bertz CT molecular complexity index is 590. The molecule has 0 aliphatic heterocycles. The van der Waals surface area contributed by atoms with Crippen LogP contribution in [0.1, 0.15) is 31.2 Å². The summed E-state index contributed by atoms with van der Waals surface area (Å²) in [6.07, 6.45) is 1.52. The van der Waals surface area contributed by atoms with Gasteiger partial charge < -0.3 is 9.84 Å². The molecule has 0 aliphatic carbocycles. The van der Waals surface area contributed by atoms with Gasteiger partial charge in [0.25, 0.3) is 0 Å². The van der Waals surface area contributed by atoms with E-state index < -0.39 is 11.9 Å². The Morgan fingerprint density at radius 1 is 1.21 bits per heavy atom. The van der Waals surface area contributed by atoms with E-state index in [1.165, 1.54) is 0 Å². The first kappa shape index (κ1) is 13.4. The maximum Gasteiger partial charge on any atom is 0.310 e. The van der Waals surface area contributed by atoms with Crippen molar-refractivity contribution in [3.8, 4) is 5.75 Å². The zero-order valence-electron chi connectivity index (χ0n) is 11.2. The van der Waals surface area contributed by atoms with Crippen LogP contribution in [0, 0.1) is 0 Å². The zero-order chi connectivity index (χ0) is 13.8. The number of hydrogen-bond donors (Lipinski definition) is 1. The molecule has 0 aliphatic rings. The van der Waals surface area contributed by atoms with Crippen molar-refractivity contribution in [1.82, 2.24) is 0 Å². The third-order valence-electron chi connectivity index (χ3n) is 3.35. The standard InChI is InChI=1S/C16H18O3/c1-3-4-15(16(17)18)13-6-5-12-10-14(19-2)8-7-11(12)9-13/h5-10,15H,3-4H2,1-2H3,(H,17,18)/t15-/m0/s1. The van der Waals surface area contributed by atoms with E-state index in [0.29, 0.717) is 6.42 Å². The molecule has 0 saturated heterocycles. The van der Waals surface area contributed by atoms with Crippen molar-refractivity contribution in [3.63, 3.8) is 0 Å². The predicted octanol–water partition coefficient (Wildman–Crippen LogP) is 3.82. The summed E-state index contributed by atoms with van der Waals surface area (Å²) in [6, 6.07) is 11.6. The molecule has 2 aromatic rings. The zero-order valence-corrected chi connectivity index (χ0v) is 11.2. The lowest BCUT2D eigenvalue weighted by atomic mass is 9.93. The molecular formula is C16H18O3. The number of carbonyl (C=O) groups is 1. The number of aliphatic carboxylic acids is 1. The molecule has 2 aromatic carbocycles. The number of ether oxygens (including phenoxy) is 1. The molecule has 2 rings (SSSR count). The van der Waals surface area contributed by atoms with E-state index in [1.54, 1.807) is 7.11 Å². The van der Waals surface area contributed by atoms with Crippen molar-refractivity contribution in [1.29, 1.82) is 0 Å². The highest BCUT2D eigenvalue weighted by atomic mass is 16.5. The van der Waals surface area contributed by atoms with Crippen LogP contribution < -0.4 is 4.74 Å². The average Bonchev–Trinajstić information content (AvgIpc) is 2.43. The number of rotatable bonds is 5. The van der Waals surface area contributed by atoms with Crippen LogP contribution in [-0.4, -0.2) is 18.2 Å². The van der Waals surface area contributed by atoms with Crippen molar-refractivity contribution < 1.29 is 14.6 Å². The van der Waals surface area contributed by atoms with Gasteiger partial charge in [0.2, 0.25) is 0 Å². The Kier molecular flexibility index (Phi) is 4.05. The summed E-state index contributed by atoms with van der Waals surface area (Å²) in [5.41, 5.74) is 0.868. The van der Waals surface area contributed by atoms with E-state index in [4.69, 9.17) is 4.74 Å². The highest BCUT2D eigenvalue weighted by Crippen LogP contribution is 2.27. The van der Waals surface area contributed by atoms with E-state index >= 15 is 0 Å². The van der Waals surface area contributed by atoms with Crippen LogP contribution in [0.3, 0.4) is 0 Å². The maximum atomic E-state index is 11.3. The Labute approximate surface area is 112 Å². The molecule has 0 amide bonds. The van der Waals surface area contributed by atoms with Crippen LogP contribution in [-0.2, 0) is 4.79 Å². The second-order valence-corrected chi connectivity index (χ2v) is 4.65. The molecule has 0 fully saturated rings. The molecular weight excluding hydrogens is 240 g/mol. The molecule has 100 valence electrons. The number of hydrogen-bond acceptors (Lipinski definition) is 2. The number of fused-ring (bicyclic) bond motifs is 1. The fourth-order valence-electron chi connectivity index (χ4n) is 2.31. The Hall–Kier alpha value is -2.03. The van der Waals surface area contributed by atoms with Gasteiger partial charge in [-0.05, 0) is 34.9 Å². The van der Waals surface area contributed by atoms with E-state index in [-0.39, 0.29) is 0 Å². The maximum absolute atomic E-state index is 11.3. The highest BCUT2D eigenvalue weighted by Gasteiger charge is 2.18. The number of carboxylic acids is 1. The topological polar surface area (TPSA) is 46.5 Å². The average molecular weight is 258 g/mol. The lowest BCUT2D eigenvalue weighted by Crippen LogP contribution is -2.11. The first-order valence-corrected chi connectivity index (χ1v) is 6.46. The smallest absolute Gasteiger partial charge is 0.310 e. The van der Waals surface area contributed by atoms with Crippen LogP contribution in [0.5, 0.6) is 5.75 Å². The number of methoxy groups -OCH3 is 1. The molecule has 1 N–H and O–H groups in total. The first-order chi connectivity index (χ1) is 9.15. The van der Waals surface area contributed by atoms with Crippen molar-refractivity contribution in [2.75, 3.05) is 7.11 Å². The van der Waals surface area contributed by atoms with Crippen LogP contribution in [0.25, 0.3) is 10.8 Å². The molecule has 0 heterocycles. The van der Waals surface area contributed by atoms with Gasteiger partial charge in [0, 0.05) is 0 Å². The quantitative estimate of drug-likeness (QED) is 0.886. The first-order valence-electron chi connectivity index (χ1n) is 6.46. The summed E-state index contributed by atoms with van der Waals surface area (Å²) < 4.78 is 5.18. The number of benzene rings is 2. The van der Waals surface area contributed by atoms with Gasteiger partial charge in [0.15, 0.2) is 0 Å². The van der Waals surface area contributed by atoms with Crippen molar-refractivity contribution in [2.45, 2.75) is 25.7 Å². The number of carboxylic acid groups (broad SMARTS) is 1. The van der Waals surface area contributed by atoms with Gasteiger partial charge in [0.05, 0.1) is 13.0 Å². The second-order valence-electron chi connectivity index (χ2n) is 4.65. The van der Waals surface area contributed by atoms with Gasteiger partial charge >= 0.3 is 5.97 Å². The van der Waals surface area contributed by atoms with E-state index in [2.05, 4.69) is 0 Å². The van der Waals surface area contributed by atoms with Crippen LogP contribution in [0.2, 0.25) is 0 Å². The molecule has 0 unspecified atom stereocenters. The van der Waals surface area contributed by atoms with Gasteiger partial charge in [-0.15, -0.1) is 0 Å². The van der Waals surface area contributed by atoms with E-state index in [0.717, 1.165) is 28.5 Å². The van der Waals surface area contributed by atoms with Crippen LogP contribution in [0.15, 0.2) is 36.4 Å². The molecule has 1 atom stereocenters. The lowest BCUT2D eigenvalue weighted by Gasteiger charge is -2.12. The third-order valence-corrected chi connectivity index (χ3v) is 3.35. The molecule has 0 radical (unpaired) electrons. The minimum absolute atomic E-state index is 0.420. The monoisotopic (exact) mass is 258 g/mol. The molecule has 0 saturated carbocycles. The van der Waals surface area contributed by atoms with E-state index in [9.17, 15) is 9.90 Å². The van der Waals surface area contributed by atoms with Crippen molar-refractivity contribution in [3.05, 3.63) is 42.0 Å². The summed E-state index contributed by atoms with van der Waals surface area (Å²) in [7, 11) is 1.64. The summed E-state index contributed by atoms with van der Waals surface area (Å²) in [6.45, 7) is 2.00. The summed E-state index contributed by atoms with van der Waals surface area (Å²) >= 11 is 0. The van der Waals surface area contributed by atoms with Gasteiger partial charge in [-0.25, -0.2) is 0 Å². The Balaban J connectivity index is 2.43. The fraction of sp³-hybridized carbons (Fsp3) is 0.312. The minimum Gasteiger partial charge on any atom is -0.497 e. The van der Waals surface area contributed by atoms with Crippen molar-refractivity contribution in [2.24, 2.45) is 0 Å². The van der Waals surface area contributed by atoms with Gasteiger partial charge in [-0.3, -0.25) is 4.79 Å². The molecule has 3 heteroatoms. The van der Waals surface area contributed by atoms with Gasteiger partial charge in [-0.2, -0.15) is 0 Å². The fourth-order valence-corrected chi connectivity index (χ4v) is 2.31. The molecule has 0 spiro atoms. The molecule has 0 bridgehead atoms. The predicted molar refractivity (Wildman–Crippen MR) is 75.8 cm³/mol. The third kappa shape index (κ3) is 2.87. The molecule has 3 nitrogen and oxygen atoms in total. The minimum atomic E-state index is -0.755. The highest BCUT2D eigenvalue weighted by molar-refractivity contribution is 5.86. The Morgan fingerprint density at radius 3 is 2.53 bits per heavy atom. The normalized spacial score (nSPS) is 12.3. The summed E-state index contributed by atoms with van der Waals surface area (Å²) in [4.78, 5) is 11.3. The molecule has 0 aromatic heterocycles. The summed E-state index contributed by atoms with van der Waals surface area (Å²) in [5.74, 6) is -0.366. The van der Waals surface area contributed by atoms with E-state index in [1.807, 2.05) is 43.3 Å². The van der Waals surface area contributed by atoms with Gasteiger partial charge in [-0.1, -0.05) is 37.6 Å². The Morgan fingerprint density at radius 2 is 1.89 bits per heavy atom.